The second-order valence-corrected chi connectivity index (χ2v) is 8.76. The Bertz CT molecular complexity index is 672. The smallest absolute Gasteiger partial charge is 0.238 e. The zero-order valence-corrected chi connectivity index (χ0v) is 14.6. The molecule has 1 aromatic carbocycles. The van der Waals surface area contributed by atoms with Crippen LogP contribution in [-0.2, 0) is 20.4 Å². The summed E-state index contributed by atoms with van der Waals surface area (Å²) < 4.78 is 37.8. The standard InChI is InChI=1S/C16H21ClFNO3S/c1-11(16(20)19-14-5-3-2-4-6-14)23(21,22)10-12-7-8-13(18)9-15(12)17/h7-9,11,14H,2-6,10H2,1H3,(H,19,20). The maximum absolute atomic E-state index is 13.0. The average Bonchev–Trinajstić information content (AvgIpc) is 2.50. The third-order valence-electron chi connectivity index (χ3n) is 4.23. The third-order valence-corrected chi connectivity index (χ3v) is 6.59. The first-order chi connectivity index (χ1) is 10.8. The summed E-state index contributed by atoms with van der Waals surface area (Å²) in [5.41, 5.74) is 0.297. The zero-order valence-electron chi connectivity index (χ0n) is 13.0. The number of rotatable bonds is 5. The van der Waals surface area contributed by atoms with Gasteiger partial charge < -0.3 is 5.32 Å². The van der Waals surface area contributed by atoms with Gasteiger partial charge in [-0.2, -0.15) is 0 Å². The van der Waals surface area contributed by atoms with Gasteiger partial charge in [0.05, 0.1) is 5.75 Å². The summed E-state index contributed by atoms with van der Waals surface area (Å²) in [5, 5.41) is 1.71. The Labute approximate surface area is 141 Å². The summed E-state index contributed by atoms with van der Waals surface area (Å²) in [6.45, 7) is 1.38. The van der Waals surface area contributed by atoms with Crippen molar-refractivity contribution in [3.63, 3.8) is 0 Å². The molecule has 23 heavy (non-hydrogen) atoms. The second-order valence-electron chi connectivity index (χ2n) is 6.03. The molecular formula is C16H21ClFNO3S. The van der Waals surface area contributed by atoms with E-state index in [4.69, 9.17) is 11.6 Å². The van der Waals surface area contributed by atoms with Crippen LogP contribution < -0.4 is 5.32 Å². The van der Waals surface area contributed by atoms with Crippen LogP contribution in [-0.4, -0.2) is 25.6 Å². The molecule has 0 heterocycles. The predicted molar refractivity (Wildman–Crippen MR) is 88.5 cm³/mol. The molecule has 1 N–H and O–H groups in total. The Hall–Kier alpha value is -1.14. The molecular weight excluding hydrogens is 341 g/mol. The zero-order chi connectivity index (χ0) is 17.0. The van der Waals surface area contributed by atoms with Crippen molar-refractivity contribution in [1.29, 1.82) is 0 Å². The average molecular weight is 362 g/mol. The van der Waals surface area contributed by atoms with E-state index in [0.29, 0.717) is 5.56 Å². The molecule has 0 saturated heterocycles. The molecule has 2 rings (SSSR count). The largest absolute Gasteiger partial charge is 0.352 e. The molecule has 1 fully saturated rings. The Kier molecular flexibility index (Phi) is 6.03. The minimum absolute atomic E-state index is 0.0495. The molecule has 0 radical (unpaired) electrons. The second kappa shape index (κ2) is 7.62. The summed E-state index contributed by atoms with van der Waals surface area (Å²) in [5.74, 6) is -1.39. The summed E-state index contributed by atoms with van der Waals surface area (Å²) in [6.07, 6.45) is 5.04. The quantitative estimate of drug-likeness (QED) is 0.875. The number of hydrogen-bond donors (Lipinski definition) is 1. The van der Waals surface area contributed by atoms with Crippen LogP contribution in [0.4, 0.5) is 4.39 Å². The van der Waals surface area contributed by atoms with Gasteiger partial charge >= 0.3 is 0 Å². The van der Waals surface area contributed by atoms with Gasteiger partial charge in [-0.15, -0.1) is 0 Å². The lowest BCUT2D eigenvalue weighted by molar-refractivity contribution is -0.121. The van der Waals surface area contributed by atoms with Gasteiger partial charge in [0.15, 0.2) is 9.84 Å². The van der Waals surface area contributed by atoms with E-state index in [-0.39, 0.29) is 16.8 Å². The molecule has 7 heteroatoms. The van der Waals surface area contributed by atoms with E-state index < -0.39 is 26.8 Å². The van der Waals surface area contributed by atoms with Gasteiger partial charge in [0, 0.05) is 11.1 Å². The van der Waals surface area contributed by atoms with Crippen molar-refractivity contribution in [2.24, 2.45) is 0 Å². The summed E-state index contributed by atoms with van der Waals surface area (Å²) in [4.78, 5) is 12.2. The molecule has 0 bridgehead atoms. The number of hydrogen-bond acceptors (Lipinski definition) is 3. The summed E-state index contributed by atoms with van der Waals surface area (Å²) in [6, 6.07) is 3.62. The van der Waals surface area contributed by atoms with Crippen LogP contribution in [0.1, 0.15) is 44.6 Å². The van der Waals surface area contributed by atoms with Crippen molar-refractivity contribution in [3.05, 3.63) is 34.6 Å². The van der Waals surface area contributed by atoms with E-state index in [1.165, 1.54) is 13.0 Å². The van der Waals surface area contributed by atoms with Gasteiger partial charge in [-0.3, -0.25) is 4.79 Å². The lowest BCUT2D eigenvalue weighted by Gasteiger charge is -2.24. The Morgan fingerprint density at radius 3 is 2.61 bits per heavy atom. The minimum atomic E-state index is -3.72. The molecule has 1 saturated carbocycles. The molecule has 1 atom stereocenters. The normalized spacial score (nSPS) is 17.7. The number of nitrogens with one attached hydrogen (secondary N) is 1. The first kappa shape index (κ1) is 18.2. The number of carbonyl (C=O) groups excluding carboxylic acids is 1. The topological polar surface area (TPSA) is 63.2 Å². The molecule has 128 valence electrons. The van der Waals surface area contributed by atoms with Crippen LogP contribution in [0.15, 0.2) is 18.2 Å². The van der Waals surface area contributed by atoms with Crippen molar-refractivity contribution in [1.82, 2.24) is 5.32 Å². The highest BCUT2D eigenvalue weighted by atomic mass is 35.5. The SMILES string of the molecule is CC(C(=O)NC1CCCCC1)S(=O)(=O)Cc1ccc(F)cc1Cl. The van der Waals surface area contributed by atoms with Crippen molar-refractivity contribution < 1.29 is 17.6 Å². The van der Waals surface area contributed by atoms with E-state index in [1.54, 1.807) is 0 Å². The molecule has 1 amide bonds. The number of carbonyl (C=O) groups is 1. The van der Waals surface area contributed by atoms with E-state index in [0.717, 1.165) is 44.2 Å². The van der Waals surface area contributed by atoms with Gasteiger partial charge in [-0.1, -0.05) is 36.9 Å². The van der Waals surface area contributed by atoms with Crippen LogP contribution in [0.2, 0.25) is 5.02 Å². The number of amides is 1. The van der Waals surface area contributed by atoms with Crippen LogP contribution in [0.3, 0.4) is 0 Å². The Morgan fingerprint density at radius 2 is 2.00 bits per heavy atom. The van der Waals surface area contributed by atoms with Gasteiger partial charge in [0.25, 0.3) is 0 Å². The summed E-state index contributed by atoms with van der Waals surface area (Å²) >= 11 is 5.87. The van der Waals surface area contributed by atoms with E-state index in [2.05, 4.69) is 5.32 Å². The molecule has 1 unspecified atom stereocenters. The van der Waals surface area contributed by atoms with Crippen LogP contribution >= 0.6 is 11.6 Å². The van der Waals surface area contributed by atoms with Crippen molar-refractivity contribution >= 4 is 27.3 Å². The highest BCUT2D eigenvalue weighted by molar-refractivity contribution is 7.92. The molecule has 1 aromatic rings. The van der Waals surface area contributed by atoms with E-state index in [9.17, 15) is 17.6 Å². The molecule has 1 aliphatic carbocycles. The number of halogens is 2. The number of benzene rings is 1. The van der Waals surface area contributed by atoms with Crippen LogP contribution in [0.25, 0.3) is 0 Å². The fourth-order valence-corrected chi connectivity index (χ4v) is 4.35. The minimum Gasteiger partial charge on any atom is -0.352 e. The predicted octanol–water partition coefficient (Wildman–Crippen LogP) is 3.23. The van der Waals surface area contributed by atoms with Crippen molar-refractivity contribution in [2.75, 3.05) is 0 Å². The molecule has 0 spiro atoms. The third kappa shape index (κ3) is 4.91. The first-order valence-electron chi connectivity index (χ1n) is 7.75. The van der Waals surface area contributed by atoms with E-state index in [1.807, 2.05) is 0 Å². The highest BCUT2D eigenvalue weighted by Crippen LogP contribution is 2.22. The lowest BCUT2D eigenvalue weighted by atomic mass is 9.95. The molecule has 1 aliphatic rings. The van der Waals surface area contributed by atoms with Gasteiger partial charge in [-0.25, -0.2) is 12.8 Å². The first-order valence-corrected chi connectivity index (χ1v) is 9.85. The molecule has 0 aliphatic heterocycles. The summed E-state index contributed by atoms with van der Waals surface area (Å²) in [7, 11) is -3.72. The molecule has 4 nitrogen and oxygen atoms in total. The van der Waals surface area contributed by atoms with Gasteiger partial charge in [0.2, 0.25) is 5.91 Å². The van der Waals surface area contributed by atoms with Crippen LogP contribution in [0, 0.1) is 5.82 Å². The van der Waals surface area contributed by atoms with Gasteiger partial charge in [-0.05, 0) is 37.5 Å². The fourth-order valence-electron chi connectivity index (χ4n) is 2.71. The maximum atomic E-state index is 13.0. The van der Waals surface area contributed by atoms with Crippen LogP contribution in [0.5, 0.6) is 0 Å². The highest BCUT2D eigenvalue weighted by Gasteiger charge is 2.30. The Balaban J connectivity index is 2.03. The van der Waals surface area contributed by atoms with Crippen molar-refractivity contribution in [3.8, 4) is 0 Å². The maximum Gasteiger partial charge on any atom is 0.238 e. The lowest BCUT2D eigenvalue weighted by Crippen LogP contribution is -2.44. The van der Waals surface area contributed by atoms with Crippen molar-refractivity contribution in [2.45, 2.75) is 56.1 Å². The molecule has 0 aromatic heterocycles. The monoisotopic (exact) mass is 361 g/mol. The van der Waals surface area contributed by atoms with Gasteiger partial charge in [0.1, 0.15) is 11.1 Å². The number of sulfone groups is 1. The fraction of sp³-hybridized carbons (Fsp3) is 0.562. The van der Waals surface area contributed by atoms with E-state index >= 15 is 0 Å². The Morgan fingerprint density at radius 1 is 1.35 bits per heavy atom.